The van der Waals surface area contributed by atoms with E-state index in [4.69, 9.17) is 16.3 Å². The van der Waals surface area contributed by atoms with Crippen LogP contribution >= 0.6 is 22.9 Å². The number of ether oxygens (including phenoxy) is 1. The molecule has 0 spiro atoms. The Labute approximate surface area is 111 Å². The van der Waals surface area contributed by atoms with Crippen molar-refractivity contribution < 1.29 is 4.74 Å². The monoisotopic (exact) mass is 266 g/mol. The molecule has 0 fully saturated rings. The Morgan fingerprint density at radius 2 is 1.88 bits per heavy atom. The molecule has 1 aromatic heterocycles. The molecule has 3 heteroatoms. The number of thiophene rings is 1. The maximum Gasteiger partial charge on any atom is 0.123 e. The van der Waals surface area contributed by atoms with Gasteiger partial charge in [0, 0.05) is 15.3 Å². The highest BCUT2D eigenvalue weighted by atomic mass is 35.5. The van der Waals surface area contributed by atoms with E-state index in [-0.39, 0.29) is 5.38 Å². The van der Waals surface area contributed by atoms with Crippen LogP contribution in [0.5, 0.6) is 5.75 Å². The Bertz CT molecular complexity index is 519. The minimum atomic E-state index is -0.143. The molecule has 0 N–H and O–H groups in total. The Balaban J connectivity index is 2.43. The number of hydrogen-bond acceptors (Lipinski definition) is 2. The van der Waals surface area contributed by atoms with Crippen LogP contribution in [0.3, 0.4) is 0 Å². The van der Waals surface area contributed by atoms with Crippen molar-refractivity contribution in [2.75, 3.05) is 7.11 Å². The minimum Gasteiger partial charge on any atom is -0.496 e. The summed E-state index contributed by atoms with van der Waals surface area (Å²) in [5.74, 6) is 0.843. The van der Waals surface area contributed by atoms with E-state index in [1.54, 1.807) is 18.4 Å². The van der Waals surface area contributed by atoms with Crippen LogP contribution in [-0.4, -0.2) is 7.11 Å². The molecule has 0 aliphatic rings. The second kappa shape index (κ2) is 5.11. The van der Waals surface area contributed by atoms with E-state index >= 15 is 0 Å². The molecule has 1 aromatic carbocycles. The molecule has 17 heavy (non-hydrogen) atoms. The summed E-state index contributed by atoms with van der Waals surface area (Å²) in [6.07, 6.45) is 0. The van der Waals surface area contributed by atoms with Gasteiger partial charge in [-0.2, -0.15) is 0 Å². The van der Waals surface area contributed by atoms with Crippen LogP contribution in [0.15, 0.2) is 30.3 Å². The van der Waals surface area contributed by atoms with Gasteiger partial charge >= 0.3 is 0 Å². The zero-order chi connectivity index (χ0) is 12.4. The molecule has 2 rings (SSSR count). The molecule has 0 radical (unpaired) electrons. The number of aryl methyl sites for hydroxylation is 2. The first-order valence-electron chi connectivity index (χ1n) is 5.47. The summed E-state index contributed by atoms with van der Waals surface area (Å²) in [5.41, 5.74) is 2.20. The molecule has 1 heterocycles. The second-order valence-electron chi connectivity index (χ2n) is 3.97. The first-order chi connectivity index (χ1) is 8.13. The van der Waals surface area contributed by atoms with Gasteiger partial charge in [0.1, 0.15) is 5.75 Å². The van der Waals surface area contributed by atoms with Crippen molar-refractivity contribution in [3.8, 4) is 5.75 Å². The molecule has 1 atom stereocenters. The fraction of sp³-hybridized carbons (Fsp3) is 0.286. The molecule has 0 saturated carbocycles. The zero-order valence-corrected chi connectivity index (χ0v) is 11.7. The fourth-order valence-electron chi connectivity index (χ4n) is 1.95. The first kappa shape index (κ1) is 12.5. The fourth-order valence-corrected chi connectivity index (χ4v) is 3.38. The average Bonchev–Trinajstić information content (AvgIpc) is 2.67. The number of para-hydroxylation sites is 1. The van der Waals surface area contributed by atoms with Gasteiger partial charge in [0.25, 0.3) is 0 Å². The van der Waals surface area contributed by atoms with E-state index in [2.05, 4.69) is 19.9 Å². The lowest BCUT2D eigenvalue weighted by Crippen LogP contribution is -1.97. The second-order valence-corrected chi connectivity index (χ2v) is 5.87. The predicted molar refractivity (Wildman–Crippen MR) is 74.5 cm³/mol. The van der Waals surface area contributed by atoms with Crippen molar-refractivity contribution in [3.63, 3.8) is 0 Å². The van der Waals surface area contributed by atoms with Crippen LogP contribution in [0.4, 0.5) is 0 Å². The third-order valence-corrected chi connectivity index (χ3v) is 4.22. The lowest BCUT2D eigenvalue weighted by atomic mass is 10.0. The molecule has 90 valence electrons. The lowest BCUT2D eigenvalue weighted by Gasteiger charge is -2.13. The molecule has 0 amide bonds. The Kier molecular flexibility index (Phi) is 3.75. The SMILES string of the molecule is COc1ccccc1C(Cl)c1cc(C)sc1C. The van der Waals surface area contributed by atoms with Gasteiger partial charge in [0.15, 0.2) is 0 Å². The maximum absolute atomic E-state index is 6.56. The maximum atomic E-state index is 6.56. The molecule has 1 unspecified atom stereocenters. The number of alkyl halides is 1. The number of rotatable bonds is 3. The average molecular weight is 267 g/mol. The Hall–Kier alpha value is -0.990. The normalized spacial score (nSPS) is 12.5. The first-order valence-corrected chi connectivity index (χ1v) is 6.72. The highest BCUT2D eigenvalue weighted by Crippen LogP contribution is 2.38. The topological polar surface area (TPSA) is 9.23 Å². The van der Waals surface area contributed by atoms with Gasteiger partial charge in [-0.1, -0.05) is 18.2 Å². The van der Waals surface area contributed by atoms with Gasteiger partial charge in [-0.15, -0.1) is 22.9 Å². The van der Waals surface area contributed by atoms with Crippen LogP contribution in [0.2, 0.25) is 0 Å². The molecule has 0 aliphatic heterocycles. The molecular weight excluding hydrogens is 252 g/mol. The largest absolute Gasteiger partial charge is 0.496 e. The van der Waals surface area contributed by atoms with Crippen molar-refractivity contribution in [2.45, 2.75) is 19.2 Å². The van der Waals surface area contributed by atoms with Crippen molar-refractivity contribution in [3.05, 3.63) is 51.2 Å². The van der Waals surface area contributed by atoms with Gasteiger partial charge in [-0.3, -0.25) is 0 Å². The quantitative estimate of drug-likeness (QED) is 0.732. The molecule has 2 aromatic rings. The van der Waals surface area contributed by atoms with Gasteiger partial charge in [-0.05, 0) is 31.5 Å². The van der Waals surface area contributed by atoms with E-state index in [0.29, 0.717) is 0 Å². The summed E-state index contributed by atoms with van der Waals surface area (Å²) in [5, 5.41) is -0.143. The summed E-state index contributed by atoms with van der Waals surface area (Å²) in [4.78, 5) is 2.56. The lowest BCUT2D eigenvalue weighted by molar-refractivity contribution is 0.410. The Morgan fingerprint density at radius 3 is 2.47 bits per heavy atom. The molecule has 0 saturated heterocycles. The number of benzene rings is 1. The standard InChI is InChI=1S/C14H15ClOS/c1-9-8-12(10(2)17-9)14(15)11-6-4-5-7-13(11)16-3/h4-8,14H,1-3H3. The molecule has 0 aliphatic carbocycles. The summed E-state index contributed by atoms with van der Waals surface area (Å²) in [7, 11) is 1.67. The third-order valence-electron chi connectivity index (χ3n) is 2.76. The number of methoxy groups -OCH3 is 1. The summed E-state index contributed by atoms with van der Waals surface area (Å²) in [6.45, 7) is 4.21. The zero-order valence-electron chi connectivity index (χ0n) is 10.2. The van der Waals surface area contributed by atoms with Crippen LogP contribution in [0.1, 0.15) is 26.3 Å². The summed E-state index contributed by atoms with van der Waals surface area (Å²) in [6, 6.07) is 10.1. The Morgan fingerprint density at radius 1 is 1.18 bits per heavy atom. The van der Waals surface area contributed by atoms with E-state index in [0.717, 1.165) is 11.3 Å². The van der Waals surface area contributed by atoms with Crippen LogP contribution in [-0.2, 0) is 0 Å². The molecule has 0 bridgehead atoms. The van der Waals surface area contributed by atoms with Crippen molar-refractivity contribution in [2.24, 2.45) is 0 Å². The van der Waals surface area contributed by atoms with Crippen LogP contribution in [0.25, 0.3) is 0 Å². The summed E-state index contributed by atoms with van der Waals surface area (Å²) < 4.78 is 5.35. The highest BCUT2D eigenvalue weighted by Gasteiger charge is 2.18. The van der Waals surface area contributed by atoms with Crippen molar-refractivity contribution >= 4 is 22.9 Å². The van der Waals surface area contributed by atoms with E-state index in [1.165, 1.54) is 15.3 Å². The predicted octanol–water partition coefficient (Wildman–Crippen LogP) is 4.70. The number of hydrogen-bond donors (Lipinski definition) is 0. The van der Waals surface area contributed by atoms with Crippen molar-refractivity contribution in [1.82, 2.24) is 0 Å². The molecular formula is C14H15ClOS. The van der Waals surface area contributed by atoms with Crippen molar-refractivity contribution in [1.29, 1.82) is 0 Å². The van der Waals surface area contributed by atoms with Gasteiger partial charge in [0.05, 0.1) is 12.5 Å². The summed E-state index contributed by atoms with van der Waals surface area (Å²) >= 11 is 8.34. The molecule has 1 nitrogen and oxygen atoms in total. The number of halogens is 1. The minimum absolute atomic E-state index is 0.143. The highest BCUT2D eigenvalue weighted by molar-refractivity contribution is 7.12. The van der Waals surface area contributed by atoms with E-state index < -0.39 is 0 Å². The van der Waals surface area contributed by atoms with E-state index in [1.807, 2.05) is 24.3 Å². The van der Waals surface area contributed by atoms with Crippen LogP contribution in [0, 0.1) is 13.8 Å². The van der Waals surface area contributed by atoms with Crippen LogP contribution < -0.4 is 4.74 Å². The van der Waals surface area contributed by atoms with Gasteiger partial charge in [0.2, 0.25) is 0 Å². The van der Waals surface area contributed by atoms with Gasteiger partial charge < -0.3 is 4.74 Å². The van der Waals surface area contributed by atoms with Gasteiger partial charge in [-0.25, -0.2) is 0 Å². The smallest absolute Gasteiger partial charge is 0.123 e. The third kappa shape index (κ3) is 2.48. The van der Waals surface area contributed by atoms with E-state index in [9.17, 15) is 0 Å².